The van der Waals surface area contributed by atoms with Crippen molar-refractivity contribution >= 4 is 9.84 Å². The van der Waals surface area contributed by atoms with Gasteiger partial charge in [0.25, 0.3) is 0 Å². The predicted octanol–water partition coefficient (Wildman–Crippen LogP) is 1.31. The average molecular weight is 180 g/mol. The second kappa shape index (κ2) is 2.73. The van der Waals surface area contributed by atoms with E-state index in [9.17, 15) is 12.8 Å². The van der Waals surface area contributed by atoms with Gasteiger partial charge in [-0.3, -0.25) is 0 Å². The summed E-state index contributed by atoms with van der Waals surface area (Å²) < 4.78 is 35.4. The first-order chi connectivity index (χ1) is 4.97. The number of hydrogen-bond donors (Lipinski definition) is 0. The topological polar surface area (TPSA) is 34.1 Å². The maximum Gasteiger partial charge on any atom is 0.153 e. The minimum atomic E-state index is -3.08. The quantitative estimate of drug-likeness (QED) is 0.609. The van der Waals surface area contributed by atoms with Crippen molar-refractivity contribution in [3.63, 3.8) is 0 Å². The van der Waals surface area contributed by atoms with Gasteiger partial charge in [-0.2, -0.15) is 0 Å². The molecule has 0 spiro atoms. The lowest BCUT2D eigenvalue weighted by atomic mass is 9.99. The van der Waals surface area contributed by atoms with E-state index in [1.54, 1.807) is 6.92 Å². The highest BCUT2D eigenvalue weighted by Gasteiger charge is 2.37. The highest BCUT2D eigenvalue weighted by molar-refractivity contribution is 7.91. The Morgan fingerprint density at radius 2 is 2.18 bits per heavy atom. The summed E-state index contributed by atoms with van der Waals surface area (Å²) in [5.74, 6) is -0.102. The van der Waals surface area contributed by atoms with Gasteiger partial charge in [-0.25, -0.2) is 12.8 Å². The first-order valence-corrected chi connectivity index (χ1v) is 5.69. The van der Waals surface area contributed by atoms with Crippen LogP contribution in [0.25, 0.3) is 0 Å². The Morgan fingerprint density at radius 1 is 1.55 bits per heavy atom. The summed E-state index contributed by atoms with van der Waals surface area (Å²) in [7, 11) is -3.08. The molecule has 0 aliphatic carbocycles. The van der Waals surface area contributed by atoms with Crippen molar-refractivity contribution in [1.29, 1.82) is 0 Å². The molecule has 0 N–H and O–H groups in total. The van der Waals surface area contributed by atoms with E-state index in [-0.39, 0.29) is 11.5 Å². The maximum atomic E-state index is 13.4. The summed E-state index contributed by atoms with van der Waals surface area (Å²) in [6.45, 7) is 1.70. The summed E-state index contributed by atoms with van der Waals surface area (Å²) in [6.07, 6.45) is 1.20. The van der Waals surface area contributed by atoms with Crippen molar-refractivity contribution in [3.05, 3.63) is 0 Å². The standard InChI is InChI=1S/C7H13FO2S/c1-2-7(8)4-3-5-11(9,10)6-7/h2-6H2,1H3. The lowest BCUT2D eigenvalue weighted by molar-refractivity contribution is 0.165. The highest BCUT2D eigenvalue weighted by Crippen LogP contribution is 2.29. The molecule has 1 aliphatic rings. The molecule has 1 aliphatic heterocycles. The second-order valence-corrected chi connectivity index (χ2v) is 5.38. The molecular weight excluding hydrogens is 167 g/mol. The third-order valence-electron chi connectivity index (χ3n) is 2.19. The van der Waals surface area contributed by atoms with Crippen LogP contribution in [0, 0.1) is 0 Å². The fourth-order valence-corrected chi connectivity index (χ4v) is 3.29. The monoisotopic (exact) mass is 180 g/mol. The third-order valence-corrected chi connectivity index (χ3v) is 4.06. The zero-order chi connectivity index (χ0) is 8.54. The van der Waals surface area contributed by atoms with Crippen LogP contribution in [-0.4, -0.2) is 25.6 Å². The normalized spacial score (nSPS) is 36.9. The minimum absolute atomic E-state index is 0.165. The zero-order valence-electron chi connectivity index (χ0n) is 6.64. The van der Waals surface area contributed by atoms with Crippen molar-refractivity contribution in [2.75, 3.05) is 11.5 Å². The smallest absolute Gasteiger partial charge is 0.153 e. The molecule has 11 heavy (non-hydrogen) atoms. The molecule has 1 rings (SSSR count). The molecule has 0 aromatic heterocycles. The highest BCUT2D eigenvalue weighted by atomic mass is 32.2. The van der Waals surface area contributed by atoms with E-state index in [1.165, 1.54) is 0 Å². The van der Waals surface area contributed by atoms with Gasteiger partial charge in [-0.1, -0.05) is 6.92 Å². The van der Waals surface area contributed by atoms with E-state index in [1.807, 2.05) is 0 Å². The van der Waals surface area contributed by atoms with Gasteiger partial charge in [0.2, 0.25) is 0 Å². The molecular formula is C7H13FO2S. The van der Waals surface area contributed by atoms with Gasteiger partial charge >= 0.3 is 0 Å². The van der Waals surface area contributed by atoms with Crippen LogP contribution in [0.2, 0.25) is 0 Å². The average Bonchev–Trinajstić information content (AvgIpc) is 1.85. The fraction of sp³-hybridized carbons (Fsp3) is 1.00. The molecule has 0 radical (unpaired) electrons. The largest absolute Gasteiger partial charge is 0.243 e. The van der Waals surface area contributed by atoms with Crippen LogP contribution in [0.15, 0.2) is 0 Å². The van der Waals surface area contributed by atoms with E-state index in [2.05, 4.69) is 0 Å². The number of sulfone groups is 1. The third kappa shape index (κ3) is 2.15. The van der Waals surface area contributed by atoms with Crippen LogP contribution in [0.3, 0.4) is 0 Å². The van der Waals surface area contributed by atoms with Crippen LogP contribution in [0.5, 0.6) is 0 Å². The Bertz CT molecular complexity index is 235. The van der Waals surface area contributed by atoms with E-state index < -0.39 is 15.5 Å². The summed E-state index contributed by atoms with van der Waals surface area (Å²) in [5, 5.41) is 0. The minimum Gasteiger partial charge on any atom is -0.243 e. The molecule has 2 nitrogen and oxygen atoms in total. The van der Waals surface area contributed by atoms with Gasteiger partial charge in [0.15, 0.2) is 9.84 Å². The molecule has 66 valence electrons. The summed E-state index contributed by atoms with van der Waals surface area (Å²) in [5.41, 5.74) is -1.43. The Morgan fingerprint density at radius 3 is 2.55 bits per heavy atom. The van der Waals surface area contributed by atoms with Crippen LogP contribution < -0.4 is 0 Å². The first kappa shape index (κ1) is 8.97. The molecule has 0 aromatic carbocycles. The van der Waals surface area contributed by atoms with Crippen molar-refractivity contribution in [1.82, 2.24) is 0 Å². The van der Waals surface area contributed by atoms with Gasteiger partial charge in [0, 0.05) is 0 Å². The number of halogens is 1. The molecule has 0 amide bonds. The molecule has 0 bridgehead atoms. The zero-order valence-corrected chi connectivity index (χ0v) is 7.45. The van der Waals surface area contributed by atoms with Crippen molar-refractivity contribution in [3.8, 4) is 0 Å². The van der Waals surface area contributed by atoms with E-state index in [0.29, 0.717) is 19.3 Å². The molecule has 1 fully saturated rings. The molecule has 1 saturated heterocycles. The predicted molar refractivity (Wildman–Crippen MR) is 42.0 cm³/mol. The molecule has 0 aromatic rings. The maximum absolute atomic E-state index is 13.4. The molecule has 4 heteroatoms. The van der Waals surface area contributed by atoms with Crippen LogP contribution >= 0.6 is 0 Å². The Balaban J connectivity index is 2.75. The summed E-state index contributed by atoms with van der Waals surface area (Å²) >= 11 is 0. The Hall–Kier alpha value is -0.120. The van der Waals surface area contributed by atoms with E-state index >= 15 is 0 Å². The first-order valence-electron chi connectivity index (χ1n) is 3.87. The molecule has 0 saturated carbocycles. The van der Waals surface area contributed by atoms with Crippen LogP contribution in [0.4, 0.5) is 4.39 Å². The molecule has 1 unspecified atom stereocenters. The lowest BCUT2D eigenvalue weighted by Crippen LogP contribution is -2.37. The molecule has 1 heterocycles. The Labute approximate surface area is 66.7 Å². The SMILES string of the molecule is CCC1(F)CCCS(=O)(=O)C1. The van der Waals surface area contributed by atoms with Gasteiger partial charge in [-0.15, -0.1) is 0 Å². The van der Waals surface area contributed by atoms with Crippen molar-refractivity contribution in [2.24, 2.45) is 0 Å². The van der Waals surface area contributed by atoms with E-state index in [4.69, 9.17) is 0 Å². The van der Waals surface area contributed by atoms with Gasteiger partial charge in [0.05, 0.1) is 11.5 Å². The van der Waals surface area contributed by atoms with Gasteiger partial charge < -0.3 is 0 Å². The van der Waals surface area contributed by atoms with E-state index in [0.717, 1.165) is 0 Å². The van der Waals surface area contributed by atoms with Gasteiger partial charge in [-0.05, 0) is 19.3 Å². The van der Waals surface area contributed by atoms with Crippen molar-refractivity contribution < 1.29 is 12.8 Å². The van der Waals surface area contributed by atoms with Crippen molar-refractivity contribution in [2.45, 2.75) is 31.9 Å². The summed E-state index contributed by atoms with van der Waals surface area (Å²) in [4.78, 5) is 0. The number of alkyl halides is 1. The van der Waals surface area contributed by atoms with Crippen LogP contribution in [0.1, 0.15) is 26.2 Å². The molecule has 1 atom stereocenters. The summed E-state index contributed by atoms with van der Waals surface area (Å²) in [6, 6.07) is 0. The fourth-order valence-electron chi connectivity index (χ4n) is 1.43. The van der Waals surface area contributed by atoms with Gasteiger partial charge in [0.1, 0.15) is 5.67 Å². The number of hydrogen-bond acceptors (Lipinski definition) is 2. The van der Waals surface area contributed by atoms with Crippen LogP contribution in [-0.2, 0) is 9.84 Å². The number of rotatable bonds is 1. The Kier molecular flexibility index (Phi) is 2.23. The second-order valence-electron chi connectivity index (χ2n) is 3.20. The lowest BCUT2D eigenvalue weighted by Gasteiger charge is -2.27.